The minimum Gasteiger partial charge on any atom is -0.497 e. The van der Waals surface area contributed by atoms with E-state index < -0.39 is 39.3 Å². The van der Waals surface area contributed by atoms with Crippen molar-refractivity contribution in [3.05, 3.63) is 93.0 Å². The zero-order valence-electron chi connectivity index (χ0n) is 23.0. The molecule has 0 spiro atoms. The number of sulfonamides is 1. The Labute approximate surface area is 243 Å². The van der Waals surface area contributed by atoms with Crippen molar-refractivity contribution in [3.63, 3.8) is 0 Å². The number of nitro groups is 1. The molecule has 0 aromatic heterocycles. The van der Waals surface area contributed by atoms with Crippen molar-refractivity contribution >= 4 is 44.8 Å². The molecule has 0 fully saturated rings. The third-order valence-electron chi connectivity index (χ3n) is 6.50. The minimum absolute atomic E-state index is 0.00837. The van der Waals surface area contributed by atoms with Crippen LogP contribution in [0.1, 0.15) is 24.5 Å². The maximum atomic E-state index is 14.0. The molecule has 218 valence electrons. The molecule has 0 bridgehead atoms. The van der Waals surface area contributed by atoms with Crippen LogP contribution >= 0.6 is 11.6 Å². The summed E-state index contributed by atoms with van der Waals surface area (Å²) in [6.07, 6.45) is 0.262. The number of halogens is 1. The molecule has 0 unspecified atom stereocenters. The molecule has 3 aromatic carbocycles. The van der Waals surface area contributed by atoms with Crippen molar-refractivity contribution < 1.29 is 27.7 Å². The molecule has 13 heteroatoms. The van der Waals surface area contributed by atoms with Crippen LogP contribution in [0, 0.1) is 17.0 Å². The van der Waals surface area contributed by atoms with Gasteiger partial charge in [-0.2, -0.15) is 0 Å². The Hall–Kier alpha value is -4.16. The molecule has 1 N–H and O–H groups in total. The van der Waals surface area contributed by atoms with Gasteiger partial charge in [0.05, 0.1) is 22.6 Å². The van der Waals surface area contributed by atoms with Gasteiger partial charge in [-0.1, -0.05) is 36.7 Å². The van der Waals surface area contributed by atoms with Crippen molar-refractivity contribution in [1.29, 1.82) is 0 Å². The number of amides is 2. The van der Waals surface area contributed by atoms with Gasteiger partial charge in [-0.15, -0.1) is 0 Å². The molecule has 0 aliphatic heterocycles. The van der Waals surface area contributed by atoms with Crippen molar-refractivity contribution in [3.8, 4) is 5.75 Å². The Kier molecular flexibility index (Phi) is 10.3. The highest BCUT2D eigenvalue weighted by Crippen LogP contribution is 2.29. The van der Waals surface area contributed by atoms with E-state index in [2.05, 4.69) is 5.32 Å². The number of hydrogen-bond acceptors (Lipinski definition) is 7. The van der Waals surface area contributed by atoms with Crippen LogP contribution in [0.3, 0.4) is 0 Å². The summed E-state index contributed by atoms with van der Waals surface area (Å²) < 4.78 is 34.0. The molecule has 0 saturated heterocycles. The molecule has 0 saturated carbocycles. The lowest BCUT2D eigenvalue weighted by atomic mass is 10.1. The highest BCUT2D eigenvalue weighted by atomic mass is 35.5. The van der Waals surface area contributed by atoms with Crippen LogP contribution in [0.15, 0.2) is 71.6 Å². The molecule has 3 rings (SSSR count). The Morgan fingerprint density at radius 1 is 1.07 bits per heavy atom. The SMILES string of the molecule is CC[C@@H](C(=O)NC)N(Cc1ccc(Cl)cc1)C(=O)CN(c1ccc(OC)cc1)S(=O)(=O)c1ccc(C)c([N+](=O)[O-])c1. The Bertz CT molecular complexity index is 1510. The van der Waals surface area contributed by atoms with Gasteiger partial charge in [-0.05, 0) is 61.4 Å². The van der Waals surface area contributed by atoms with Crippen molar-refractivity contribution in [2.24, 2.45) is 0 Å². The molecule has 11 nitrogen and oxygen atoms in total. The molecular weight excluding hydrogens is 572 g/mol. The molecule has 2 amide bonds. The van der Waals surface area contributed by atoms with E-state index in [0.717, 1.165) is 10.4 Å². The first kappa shape index (κ1) is 31.4. The van der Waals surface area contributed by atoms with E-state index in [0.29, 0.717) is 16.3 Å². The number of carbonyl (C=O) groups excluding carboxylic acids is 2. The fraction of sp³-hybridized carbons (Fsp3) is 0.286. The number of anilines is 1. The molecule has 41 heavy (non-hydrogen) atoms. The number of methoxy groups -OCH3 is 1. The van der Waals surface area contributed by atoms with Gasteiger partial charge < -0.3 is 15.0 Å². The van der Waals surface area contributed by atoms with E-state index in [4.69, 9.17) is 16.3 Å². The third kappa shape index (κ3) is 7.33. The first-order valence-electron chi connectivity index (χ1n) is 12.6. The number of benzene rings is 3. The molecule has 0 aliphatic rings. The lowest BCUT2D eigenvalue weighted by Gasteiger charge is -2.33. The fourth-order valence-electron chi connectivity index (χ4n) is 4.22. The minimum atomic E-state index is -4.49. The fourth-order valence-corrected chi connectivity index (χ4v) is 5.78. The first-order valence-corrected chi connectivity index (χ1v) is 14.4. The van der Waals surface area contributed by atoms with Crippen LogP contribution in [0.5, 0.6) is 5.75 Å². The lowest BCUT2D eigenvalue weighted by molar-refractivity contribution is -0.385. The number of nitro benzene ring substituents is 1. The zero-order chi connectivity index (χ0) is 30.3. The number of likely N-dealkylation sites (N-methyl/N-ethyl adjacent to an activating group) is 1. The second-order valence-electron chi connectivity index (χ2n) is 9.10. The van der Waals surface area contributed by atoms with Gasteiger partial charge in [-0.25, -0.2) is 8.42 Å². The molecule has 0 heterocycles. The van der Waals surface area contributed by atoms with Crippen LogP contribution in [0.2, 0.25) is 5.02 Å². The van der Waals surface area contributed by atoms with Gasteiger partial charge in [0.25, 0.3) is 15.7 Å². The number of aryl methyl sites for hydroxylation is 1. The van der Waals surface area contributed by atoms with E-state index in [1.807, 2.05) is 0 Å². The average Bonchev–Trinajstić information content (AvgIpc) is 2.96. The van der Waals surface area contributed by atoms with Crippen LogP contribution in [-0.2, 0) is 26.2 Å². The van der Waals surface area contributed by atoms with Gasteiger partial charge in [0.2, 0.25) is 11.8 Å². The predicted octanol–water partition coefficient (Wildman–Crippen LogP) is 4.31. The third-order valence-corrected chi connectivity index (χ3v) is 8.52. The maximum absolute atomic E-state index is 14.0. The van der Waals surface area contributed by atoms with Crippen molar-refractivity contribution in [2.45, 2.75) is 37.8 Å². The molecular formula is C28H31ClN4O7S. The van der Waals surface area contributed by atoms with E-state index in [9.17, 15) is 28.1 Å². The number of nitrogens with zero attached hydrogens (tertiary/aromatic N) is 3. The van der Waals surface area contributed by atoms with Crippen molar-refractivity contribution in [1.82, 2.24) is 10.2 Å². The van der Waals surface area contributed by atoms with Gasteiger partial charge >= 0.3 is 0 Å². The zero-order valence-corrected chi connectivity index (χ0v) is 24.6. The number of hydrogen-bond donors (Lipinski definition) is 1. The normalized spacial score (nSPS) is 11.8. The summed E-state index contributed by atoms with van der Waals surface area (Å²) in [4.78, 5) is 38.5. The second kappa shape index (κ2) is 13.5. The molecule has 0 aliphatic carbocycles. The monoisotopic (exact) mass is 602 g/mol. The van der Waals surface area contributed by atoms with E-state index in [1.165, 1.54) is 62.4 Å². The van der Waals surface area contributed by atoms with Crippen molar-refractivity contribution in [2.75, 3.05) is 25.0 Å². The summed E-state index contributed by atoms with van der Waals surface area (Å²) >= 11 is 6.01. The van der Waals surface area contributed by atoms with E-state index in [1.54, 1.807) is 31.2 Å². The van der Waals surface area contributed by atoms with Crippen LogP contribution in [0.25, 0.3) is 0 Å². The Balaban J connectivity index is 2.11. The highest BCUT2D eigenvalue weighted by Gasteiger charge is 2.34. The lowest BCUT2D eigenvalue weighted by Crippen LogP contribution is -2.51. The topological polar surface area (TPSA) is 139 Å². The highest BCUT2D eigenvalue weighted by molar-refractivity contribution is 7.92. The molecule has 3 aromatic rings. The maximum Gasteiger partial charge on any atom is 0.273 e. The largest absolute Gasteiger partial charge is 0.497 e. The summed E-state index contributed by atoms with van der Waals surface area (Å²) in [6.45, 7) is 2.56. The summed E-state index contributed by atoms with van der Waals surface area (Å²) in [7, 11) is -1.58. The average molecular weight is 603 g/mol. The summed E-state index contributed by atoms with van der Waals surface area (Å²) in [5, 5.41) is 14.6. The van der Waals surface area contributed by atoms with Gasteiger partial charge in [0.15, 0.2) is 0 Å². The van der Waals surface area contributed by atoms with E-state index >= 15 is 0 Å². The summed E-state index contributed by atoms with van der Waals surface area (Å²) in [6, 6.07) is 15.4. The molecule has 1 atom stereocenters. The van der Waals surface area contributed by atoms with Gasteiger partial charge in [0, 0.05) is 30.2 Å². The Morgan fingerprint density at radius 2 is 1.71 bits per heavy atom. The summed E-state index contributed by atoms with van der Waals surface area (Å²) in [5.41, 5.74) is 0.716. The number of nitrogens with one attached hydrogen (secondary N) is 1. The van der Waals surface area contributed by atoms with E-state index in [-0.39, 0.29) is 34.8 Å². The standard InChI is InChI=1S/C28H31ClN4O7S/c1-5-25(28(35)30-3)31(17-20-7-9-21(29)10-8-20)27(34)18-32(22-11-13-23(40-4)14-12-22)41(38,39)24-15-6-19(2)26(16-24)33(36)37/h6-16,25H,5,17-18H2,1-4H3,(H,30,35)/t25-/m0/s1. The summed E-state index contributed by atoms with van der Waals surface area (Å²) in [5.74, 6) is -0.613. The predicted molar refractivity (Wildman–Crippen MR) is 156 cm³/mol. The number of rotatable bonds is 12. The van der Waals surface area contributed by atoms with Crippen LogP contribution < -0.4 is 14.4 Å². The Morgan fingerprint density at radius 3 is 2.24 bits per heavy atom. The van der Waals surface area contributed by atoms with Crippen LogP contribution in [-0.4, -0.2) is 56.8 Å². The quantitative estimate of drug-likeness (QED) is 0.241. The second-order valence-corrected chi connectivity index (χ2v) is 11.4. The van der Waals surface area contributed by atoms with Gasteiger partial charge in [0.1, 0.15) is 18.3 Å². The smallest absolute Gasteiger partial charge is 0.273 e. The number of ether oxygens (including phenoxy) is 1. The van der Waals surface area contributed by atoms with Crippen LogP contribution in [0.4, 0.5) is 11.4 Å². The first-order chi connectivity index (χ1) is 19.4. The molecule has 0 radical (unpaired) electrons. The van der Waals surface area contributed by atoms with Gasteiger partial charge in [-0.3, -0.25) is 24.0 Å². The number of carbonyl (C=O) groups is 2.